The summed E-state index contributed by atoms with van der Waals surface area (Å²) in [6.07, 6.45) is -0.978. The van der Waals surface area contributed by atoms with Gasteiger partial charge < -0.3 is 5.11 Å². The van der Waals surface area contributed by atoms with Gasteiger partial charge in [-0.3, -0.25) is 0 Å². The summed E-state index contributed by atoms with van der Waals surface area (Å²) < 4.78 is 14.7. The average molecular weight is 331 g/mol. The van der Waals surface area contributed by atoms with Crippen molar-refractivity contribution in [1.82, 2.24) is 0 Å². The third-order valence-electron chi connectivity index (χ3n) is 3.38. The lowest BCUT2D eigenvalue weighted by Crippen LogP contribution is -2.03. The van der Waals surface area contributed by atoms with Crippen LogP contribution in [0.2, 0.25) is 0 Å². The Morgan fingerprint density at radius 2 is 1.65 bits per heavy atom. The average Bonchev–Trinajstić information content (AvgIpc) is 2.46. The molecular formula is C17H12BrFO. The van der Waals surface area contributed by atoms with Gasteiger partial charge in [0.2, 0.25) is 0 Å². The fourth-order valence-corrected chi connectivity index (χ4v) is 2.71. The highest BCUT2D eigenvalue weighted by atomic mass is 79.9. The van der Waals surface area contributed by atoms with E-state index in [1.165, 1.54) is 6.07 Å². The van der Waals surface area contributed by atoms with E-state index >= 15 is 0 Å². The Morgan fingerprint density at radius 3 is 2.45 bits per heavy atom. The van der Waals surface area contributed by atoms with Crippen molar-refractivity contribution in [2.75, 3.05) is 0 Å². The van der Waals surface area contributed by atoms with Crippen molar-refractivity contribution in [1.29, 1.82) is 0 Å². The van der Waals surface area contributed by atoms with Crippen LogP contribution in [0.5, 0.6) is 0 Å². The van der Waals surface area contributed by atoms with Crippen LogP contribution in [0.3, 0.4) is 0 Å². The number of aliphatic hydroxyl groups excluding tert-OH is 1. The van der Waals surface area contributed by atoms with Gasteiger partial charge in [-0.1, -0.05) is 64.5 Å². The molecule has 0 saturated heterocycles. The maximum absolute atomic E-state index is 14.0. The molecule has 0 aliphatic rings. The Labute approximate surface area is 124 Å². The minimum absolute atomic E-state index is 0.282. The second-order valence-electron chi connectivity index (χ2n) is 4.64. The summed E-state index contributed by atoms with van der Waals surface area (Å²) in [5.41, 5.74) is 0.994. The minimum Gasteiger partial charge on any atom is -0.384 e. The van der Waals surface area contributed by atoms with E-state index in [0.29, 0.717) is 10.0 Å². The topological polar surface area (TPSA) is 20.2 Å². The number of aliphatic hydroxyl groups is 1. The summed E-state index contributed by atoms with van der Waals surface area (Å²) >= 11 is 3.22. The van der Waals surface area contributed by atoms with Gasteiger partial charge in [0, 0.05) is 10.0 Å². The second-order valence-corrected chi connectivity index (χ2v) is 5.55. The van der Waals surface area contributed by atoms with Crippen molar-refractivity contribution in [2.45, 2.75) is 6.10 Å². The number of halogens is 2. The van der Waals surface area contributed by atoms with Crippen LogP contribution in [0, 0.1) is 5.82 Å². The van der Waals surface area contributed by atoms with Crippen molar-refractivity contribution in [2.24, 2.45) is 0 Å². The Morgan fingerprint density at radius 1 is 0.900 bits per heavy atom. The minimum atomic E-state index is -0.978. The molecule has 0 bridgehead atoms. The van der Waals surface area contributed by atoms with E-state index in [1.807, 2.05) is 42.5 Å². The van der Waals surface area contributed by atoms with Gasteiger partial charge in [0.05, 0.1) is 0 Å². The van der Waals surface area contributed by atoms with Gasteiger partial charge in [-0.05, 0) is 28.5 Å². The molecule has 0 saturated carbocycles. The summed E-state index contributed by atoms with van der Waals surface area (Å²) in [4.78, 5) is 0. The van der Waals surface area contributed by atoms with Crippen molar-refractivity contribution in [3.8, 4) is 0 Å². The molecule has 0 radical (unpaired) electrons. The summed E-state index contributed by atoms with van der Waals surface area (Å²) in [5.74, 6) is -0.417. The molecule has 0 aliphatic carbocycles. The van der Waals surface area contributed by atoms with Crippen molar-refractivity contribution in [3.05, 3.63) is 82.1 Å². The molecule has 0 heterocycles. The van der Waals surface area contributed by atoms with Crippen LogP contribution in [0.4, 0.5) is 4.39 Å². The molecule has 0 aromatic heterocycles. The zero-order chi connectivity index (χ0) is 14.1. The van der Waals surface area contributed by atoms with Crippen LogP contribution in [0.1, 0.15) is 17.2 Å². The molecule has 0 amide bonds. The van der Waals surface area contributed by atoms with E-state index in [1.54, 1.807) is 12.1 Å². The summed E-state index contributed by atoms with van der Waals surface area (Å²) in [6, 6.07) is 18.1. The lowest BCUT2D eigenvalue weighted by molar-refractivity contribution is 0.216. The first-order valence-corrected chi connectivity index (χ1v) is 7.07. The van der Waals surface area contributed by atoms with Gasteiger partial charge in [-0.2, -0.15) is 0 Å². The monoisotopic (exact) mass is 330 g/mol. The zero-order valence-electron chi connectivity index (χ0n) is 10.6. The molecule has 0 spiro atoms. The molecule has 1 N–H and O–H groups in total. The predicted molar refractivity (Wildman–Crippen MR) is 82.1 cm³/mol. The van der Waals surface area contributed by atoms with Crippen molar-refractivity contribution in [3.63, 3.8) is 0 Å². The highest BCUT2D eigenvalue weighted by Gasteiger charge is 2.17. The van der Waals surface area contributed by atoms with Crippen LogP contribution >= 0.6 is 15.9 Å². The van der Waals surface area contributed by atoms with Crippen LogP contribution in [0.25, 0.3) is 10.8 Å². The Kier molecular flexibility index (Phi) is 3.55. The third-order valence-corrected chi connectivity index (χ3v) is 3.87. The summed E-state index contributed by atoms with van der Waals surface area (Å²) in [5, 5.41) is 12.5. The molecule has 3 aromatic carbocycles. The Bertz CT molecular complexity index is 765. The third kappa shape index (κ3) is 2.35. The Hall–Kier alpha value is -1.71. The van der Waals surface area contributed by atoms with Gasteiger partial charge in [-0.25, -0.2) is 4.39 Å². The zero-order valence-corrected chi connectivity index (χ0v) is 12.1. The summed E-state index contributed by atoms with van der Waals surface area (Å²) in [7, 11) is 0. The maximum Gasteiger partial charge on any atom is 0.130 e. The fourth-order valence-electron chi connectivity index (χ4n) is 2.38. The Balaban J connectivity index is 2.15. The highest BCUT2D eigenvalue weighted by molar-refractivity contribution is 9.10. The number of fused-ring (bicyclic) bond motifs is 1. The largest absolute Gasteiger partial charge is 0.384 e. The molecule has 3 rings (SSSR count). The first kappa shape index (κ1) is 13.3. The highest BCUT2D eigenvalue weighted by Crippen LogP contribution is 2.31. The van der Waals surface area contributed by atoms with E-state index in [4.69, 9.17) is 0 Å². The molecule has 20 heavy (non-hydrogen) atoms. The van der Waals surface area contributed by atoms with Crippen LogP contribution in [0.15, 0.2) is 65.1 Å². The maximum atomic E-state index is 14.0. The quantitative estimate of drug-likeness (QED) is 0.714. The number of hydrogen-bond acceptors (Lipinski definition) is 1. The molecule has 100 valence electrons. The standard InChI is InChI=1S/C17H12BrFO/c18-12-8-9-15(16(19)10-12)17(20)14-7-3-5-11-4-1-2-6-13(11)14/h1-10,17,20H. The number of rotatable bonds is 2. The number of benzene rings is 3. The molecule has 3 aromatic rings. The van der Waals surface area contributed by atoms with E-state index in [9.17, 15) is 9.50 Å². The van der Waals surface area contributed by atoms with Gasteiger partial charge in [0.1, 0.15) is 11.9 Å². The summed E-state index contributed by atoms with van der Waals surface area (Å²) in [6.45, 7) is 0. The molecule has 0 aliphatic heterocycles. The van der Waals surface area contributed by atoms with Crippen molar-refractivity contribution >= 4 is 26.7 Å². The molecule has 0 fully saturated rings. The fraction of sp³-hybridized carbons (Fsp3) is 0.0588. The van der Waals surface area contributed by atoms with Gasteiger partial charge >= 0.3 is 0 Å². The number of hydrogen-bond donors (Lipinski definition) is 1. The van der Waals surface area contributed by atoms with Gasteiger partial charge in [0.15, 0.2) is 0 Å². The van der Waals surface area contributed by atoms with E-state index in [2.05, 4.69) is 15.9 Å². The second kappa shape index (κ2) is 5.35. The normalized spacial score (nSPS) is 12.6. The molecule has 1 unspecified atom stereocenters. The molecule has 1 atom stereocenters. The molecular weight excluding hydrogens is 319 g/mol. The van der Waals surface area contributed by atoms with Gasteiger partial charge in [-0.15, -0.1) is 0 Å². The predicted octanol–water partition coefficient (Wildman–Crippen LogP) is 4.82. The molecule has 3 heteroatoms. The smallest absolute Gasteiger partial charge is 0.130 e. The lowest BCUT2D eigenvalue weighted by Gasteiger charge is -2.15. The van der Waals surface area contributed by atoms with Crippen LogP contribution in [-0.2, 0) is 0 Å². The molecule has 1 nitrogen and oxygen atoms in total. The van der Waals surface area contributed by atoms with E-state index in [0.717, 1.165) is 10.8 Å². The van der Waals surface area contributed by atoms with Crippen molar-refractivity contribution < 1.29 is 9.50 Å². The van der Waals surface area contributed by atoms with Gasteiger partial charge in [0.25, 0.3) is 0 Å². The van der Waals surface area contributed by atoms with Crippen LogP contribution in [-0.4, -0.2) is 5.11 Å². The van der Waals surface area contributed by atoms with E-state index in [-0.39, 0.29) is 5.56 Å². The van der Waals surface area contributed by atoms with Crippen LogP contribution < -0.4 is 0 Å². The first-order chi connectivity index (χ1) is 9.66. The lowest BCUT2D eigenvalue weighted by atomic mass is 9.96. The van der Waals surface area contributed by atoms with E-state index < -0.39 is 11.9 Å². The first-order valence-electron chi connectivity index (χ1n) is 6.27. The SMILES string of the molecule is OC(c1ccc(Br)cc1F)c1cccc2ccccc12.